The van der Waals surface area contributed by atoms with E-state index >= 15 is 0 Å². The van der Waals surface area contributed by atoms with Gasteiger partial charge in [-0.1, -0.05) is 66.4 Å². The van der Waals surface area contributed by atoms with E-state index in [2.05, 4.69) is 13.2 Å². The van der Waals surface area contributed by atoms with Crippen LogP contribution in [0.3, 0.4) is 0 Å². The number of fused-ring (bicyclic) bond motifs is 1. The third-order valence-corrected chi connectivity index (χ3v) is 5.87. The Balaban J connectivity index is 1.88. The first kappa shape index (κ1) is 26.8. The molecule has 3 aromatic rings. The molecule has 0 heterocycles. The van der Waals surface area contributed by atoms with Crippen molar-refractivity contribution in [2.45, 2.75) is 22.0 Å². The molecule has 7 heteroatoms. The van der Waals surface area contributed by atoms with Gasteiger partial charge in [-0.2, -0.15) is 0 Å². The minimum absolute atomic E-state index is 0.0725. The van der Waals surface area contributed by atoms with Crippen molar-refractivity contribution in [3.63, 3.8) is 0 Å². The molecular formula is C28H32O6S. The second kappa shape index (κ2) is 14.6. The normalized spacial score (nSPS) is 12.7. The standard InChI is InChI=1S/C28H32O6S/c1-3-14-31-17-21(29)19-33-26-16-27(35-23-10-6-5-7-11-23)28(25-13-9-8-12-24(25)26)34-20-22(30)18-32-15-4-2/h3-13,16,21-22,29-30H,1-2,14-15,17-20H2. The zero-order chi connectivity index (χ0) is 24.9. The Morgan fingerprint density at radius 3 is 1.94 bits per heavy atom. The Hall–Kier alpha value is -2.81. The van der Waals surface area contributed by atoms with E-state index in [1.54, 1.807) is 12.2 Å². The summed E-state index contributed by atoms with van der Waals surface area (Å²) in [7, 11) is 0. The van der Waals surface area contributed by atoms with Crippen LogP contribution >= 0.6 is 11.8 Å². The van der Waals surface area contributed by atoms with Gasteiger partial charge >= 0.3 is 0 Å². The molecule has 0 saturated heterocycles. The monoisotopic (exact) mass is 496 g/mol. The molecule has 0 aliphatic heterocycles. The maximum atomic E-state index is 10.3. The predicted octanol–water partition coefficient (Wildman–Crippen LogP) is 4.88. The molecule has 0 aliphatic rings. The molecule has 0 aromatic heterocycles. The van der Waals surface area contributed by atoms with Gasteiger partial charge in [-0.25, -0.2) is 0 Å². The number of rotatable bonds is 16. The molecule has 35 heavy (non-hydrogen) atoms. The van der Waals surface area contributed by atoms with Crippen LogP contribution in [0.25, 0.3) is 10.8 Å². The number of hydrogen-bond acceptors (Lipinski definition) is 7. The molecule has 0 aliphatic carbocycles. The third kappa shape index (κ3) is 8.42. The fourth-order valence-corrected chi connectivity index (χ4v) is 4.26. The molecule has 2 unspecified atom stereocenters. The van der Waals surface area contributed by atoms with Gasteiger partial charge in [0.2, 0.25) is 0 Å². The van der Waals surface area contributed by atoms with Crippen molar-refractivity contribution in [2.75, 3.05) is 39.6 Å². The molecule has 2 atom stereocenters. The lowest BCUT2D eigenvalue weighted by molar-refractivity contribution is 0.0206. The number of ether oxygens (including phenoxy) is 4. The van der Waals surface area contributed by atoms with E-state index in [0.717, 1.165) is 20.6 Å². The minimum Gasteiger partial charge on any atom is -0.490 e. The van der Waals surface area contributed by atoms with Gasteiger partial charge in [0.25, 0.3) is 0 Å². The maximum absolute atomic E-state index is 10.3. The van der Waals surface area contributed by atoms with E-state index in [1.807, 2.05) is 60.7 Å². The van der Waals surface area contributed by atoms with E-state index < -0.39 is 12.2 Å². The van der Waals surface area contributed by atoms with Crippen LogP contribution in [0.15, 0.2) is 95.8 Å². The summed E-state index contributed by atoms with van der Waals surface area (Å²) in [6.07, 6.45) is 1.71. The highest BCUT2D eigenvalue weighted by molar-refractivity contribution is 7.99. The van der Waals surface area contributed by atoms with E-state index in [0.29, 0.717) is 24.7 Å². The van der Waals surface area contributed by atoms with Crippen LogP contribution < -0.4 is 9.47 Å². The summed E-state index contributed by atoms with van der Waals surface area (Å²) < 4.78 is 22.8. The molecule has 0 spiro atoms. The molecule has 3 rings (SSSR count). The summed E-state index contributed by atoms with van der Waals surface area (Å²) >= 11 is 1.54. The second-order valence-electron chi connectivity index (χ2n) is 7.74. The van der Waals surface area contributed by atoms with Crippen LogP contribution in [0, 0.1) is 0 Å². The molecule has 0 fully saturated rings. The zero-order valence-electron chi connectivity index (χ0n) is 19.7. The van der Waals surface area contributed by atoms with Gasteiger partial charge < -0.3 is 29.2 Å². The first-order chi connectivity index (χ1) is 17.1. The molecule has 0 saturated carbocycles. The highest BCUT2D eigenvalue weighted by Crippen LogP contribution is 2.44. The summed E-state index contributed by atoms with van der Waals surface area (Å²) in [5, 5.41) is 22.3. The quantitative estimate of drug-likeness (QED) is 0.216. The Bertz CT molecular complexity index is 1070. The molecule has 0 amide bonds. The van der Waals surface area contributed by atoms with Gasteiger partial charge in [-0.3, -0.25) is 0 Å². The summed E-state index contributed by atoms with van der Waals surface area (Å²) in [6.45, 7) is 8.41. The minimum atomic E-state index is -0.787. The largest absolute Gasteiger partial charge is 0.490 e. The van der Waals surface area contributed by atoms with Gasteiger partial charge in [-0.05, 0) is 18.2 Å². The second-order valence-corrected chi connectivity index (χ2v) is 8.86. The highest BCUT2D eigenvalue weighted by Gasteiger charge is 2.18. The molecule has 3 aromatic carbocycles. The molecule has 186 valence electrons. The Morgan fingerprint density at radius 2 is 1.31 bits per heavy atom. The summed E-state index contributed by atoms with van der Waals surface area (Å²) in [5.41, 5.74) is 0. The maximum Gasteiger partial charge on any atom is 0.141 e. The van der Waals surface area contributed by atoms with Gasteiger partial charge in [-0.15, -0.1) is 13.2 Å². The lowest BCUT2D eigenvalue weighted by Crippen LogP contribution is -2.24. The van der Waals surface area contributed by atoms with Crippen LogP contribution in [-0.2, 0) is 9.47 Å². The van der Waals surface area contributed by atoms with Crippen LogP contribution in [0.2, 0.25) is 0 Å². The average molecular weight is 497 g/mol. The third-order valence-electron chi connectivity index (χ3n) is 4.84. The van der Waals surface area contributed by atoms with Crippen LogP contribution in [-0.4, -0.2) is 62.1 Å². The number of aliphatic hydroxyl groups is 2. The van der Waals surface area contributed by atoms with Crippen molar-refractivity contribution in [1.29, 1.82) is 0 Å². The van der Waals surface area contributed by atoms with Gasteiger partial charge in [0.05, 0.1) is 31.3 Å². The molecule has 6 nitrogen and oxygen atoms in total. The van der Waals surface area contributed by atoms with Crippen molar-refractivity contribution in [2.24, 2.45) is 0 Å². The van der Waals surface area contributed by atoms with Crippen LogP contribution in [0.5, 0.6) is 11.5 Å². The van der Waals surface area contributed by atoms with E-state index in [9.17, 15) is 10.2 Å². The van der Waals surface area contributed by atoms with Crippen molar-refractivity contribution < 1.29 is 29.2 Å². The lowest BCUT2D eigenvalue weighted by Gasteiger charge is -2.20. The smallest absolute Gasteiger partial charge is 0.141 e. The van der Waals surface area contributed by atoms with Crippen molar-refractivity contribution >= 4 is 22.5 Å². The fraction of sp³-hybridized carbons (Fsp3) is 0.286. The van der Waals surface area contributed by atoms with Gasteiger partial charge in [0, 0.05) is 15.7 Å². The van der Waals surface area contributed by atoms with E-state index in [1.165, 1.54) is 11.8 Å². The van der Waals surface area contributed by atoms with Crippen molar-refractivity contribution in [3.8, 4) is 11.5 Å². The van der Waals surface area contributed by atoms with Gasteiger partial charge in [0.1, 0.15) is 36.9 Å². The first-order valence-electron chi connectivity index (χ1n) is 11.4. The van der Waals surface area contributed by atoms with Crippen molar-refractivity contribution in [3.05, 3.63) is 86.0 Å². The lowest BCUT2D eigenvalue weighted by atomic mass is 10.1. The Labute approximate surface area is 210 Å². The molecular weight excluding hydrogens is 464 g/mol. The summed E-state index contributed by atoms with van der Waals surface area (Å²) in [5.74, 6) is 1.28. The summed E-state index contributed by atoms with van der Waals surface area (Å²) in [6, 6.07) is 19.6. The van der Waals surface area contributed by atoms with Crippen LogP contribution in [0.1, 0.15) is 0 Å². The SMILES string of the molecule is C=CCOCC(O)COc1cc(Sc2ccccc2)c(OCC(O)COCC=C)c2ccccc12. The Morgan fingerprint density at radius 1 is 0.743 bits per heavy atom. The zero-order valence-corrected chi connectivity index (χ0v) is 20.5. The molecule has 0 radical (unpaired) electrons. The number of hydrogen-bond donors (Lipinski definition) is 2. The predicted molar refractivity (Wildman–Crippen MR) is 140 cm³/mol. The highest BCUT2D eigenvalue weighted by atomic mass is 32.2. The van der Waals surface area contributed by atoms with Crippen LogP contribution in [0.4, 0.5) is 0 Å². The fourth-order valence-electron chi connectivity index (χ4n) is 3.29. The number of benzene rings is 3. The number of aliphatic hydroxyl groups excluding tert-OH is 2. The first-order valence-corrected chi connectivity index (χ1v) is 12.2. The average Bonchev–Trinajstić information content (AvgIpc) is 2.87. The Kier molecular flexibility index (Phi) is 11.1. The van der Waals surface area contributed by atoms with E-state index in [4.69, 9.17) is 18.9 Å². The van der Waals surface area contributed by atoms with Crippen molar-refractivity contribution in [1.82, 2.24) is 0 Å². The topological polar surface area (TPSA) is 77.4 Å². The summed E-state index contributed by atoms with van der Waals surface area (Å²) in [4.78, 5) is 1.87. The molecule has 2 N–H and O–H groups in total. The molecule has 0 bridgehead atoms. The van der Waals surface area contributed by atoms with E-state index in [-0.39, 0.29) is 26.4 Å². The van der Waals surface area contributed by atoms with Gasteiger partial charge in [0.15, 0.2) is 0 Å².